The third-order valence-electron chi connectivity index (χ3n) is 1.88. The molecule has 5 N–H and O–H groups in total. The van der Waals surface area contributed by atoms with Crippen LogP contribution in [0.1, 0.15) is 5.69 Å². The van der Waals surface area contributed by atoms with E-state index in [9.17, 15) is 4.79 Å². The van der Waals surface area contributed by atoms with E-state index in [1.807, 2.05) is 18.2 Å². The first-order valence-electron chi connectivity index (χ1n) is 5.02. The van der Waals surface area contributed by atoms with E-state index in [1.165, 1.54) is 0 Å². The average molecular weight is 233 g/mol. The quantitative estimate of drug-likeness (QED) is 0.391. The van der Waals surface area contributed by atoms with Crippen molar-refractivity contribution in [3.05, 3.63) is 42.2 Å². The molecule has 0 aliphatic rings. The number of aliphatic imine (C=N–C) groups is 1. The van der Waals surface area contributed by atoms with Gasteiger partial charge in [0.1, 0.15) is 0 Å². The number of amides is 2. The summed E-state index contributed by atoms with van der Waals surface area (Å²) in [6.07, 6.45) is 2.31. The summed E-state index contributed by atoms with van der Waals surface area (Å²) in [4.78, 5) is 18.6. The number of nitrogens with two attached hydrogens (primary N) is 2. The van der Waals surface area contributed by atoms with Gasteiger partial charge < -0.3 is 16.8 Å². The van der Waals surface area contributed by atoms with Crippen LogP contribution < -0.4 is 16.8 Å². The second-order valence-electron chi connectivity index (χ2n) is 3.44. The van der Waals surface area contributed by atoms with E-state index in [-0.39, 0.29) is 5.96 Å². The summed E-state index contributed by atoms with van der Waals surface area (Å²) in [5.41, 5.74) is 11.8. The minimum atomic E-state index is -0.577. The lowest BCUT2D eigenvalue weighted by Gasteiger charge is -2.05. The van der Waals surface area contributed by atoms with Crippen molar-refractivity contribution in [1.29, 1.82) is 0 Å². The molecular formula is C11H15N5O. The number of hydrogen-bond acceptors (Lipinski definition) is 2. The summed E-state index contributed by atoms with van der Waals surface area (Å²) >= 11 is 0. The first-order valence-corrected chi connectivity index (χ1v) is 5.02. The van der Waals surface area contributed by atoms with Gasteiger partial charge in [0.05, 0.1) is 0 Å². The van der Waals surface area contributed by atoms with E-state index in [1.54, 1.807) is 6.20 Å². The van der Waals surface area contributed by atoms with Gasteiger partial charge in [-0.05, 0) is 12.1 Å². The molecule has 1 aromatic rings. The molecule has 1 heterocycles. The lowest BCUT2D eigenvalue weighted by molar-refractivity contribution is 0.250. The highest BCUT2D eigenvalue weighted by Crippen LogP contribution is 2.01. The topological polar surface area (TPSA) is 106 Å². The van der Waals surface area contributed by atoms with E-state index in [4.69, 9.17) is 11.5 Å². The standard InChI is InChI=1S/C11H15N5O/c1-8(6-9-4-2-3-5-14-9)7-15-11(17)16-10(12)13/h2-5H,1,6-7H2,(H5,12,13,15,16,17). The maximum Gasteiger partial charge on any atom is 0.344 e. The predicted octanol–water partition coefficient (Wildman–Crippen LogP) is 0.163. The van der Waals surface area contributed by atoms with Crippen LogP contribution in [0.4, 0.5) is 4.79 Å². The molecule has 0 aliphatic carbocycles. The molecule has 0 aliphatic heterocycles. The highest BCUT2D eigenvalue weighted by atomic mass is 16.2. The van der Waals surface area contributed by atoms with Crippen LogP contribution in [0, 0.1) is 0 Å². The van der Waals surface area contributed by atoms with E-state index < -0.39 is 6.03 Å². The van der Waals surface area contributed by atoms with Gasteiger partial charge in [-0.1, -0.05) is 18.2 Å². The van der Waals surface area contributed by atoms with Gasteiger partial charge in [0.25, 0.3) is 0 Å². The molecule has 90 valence electrons. The number of carbonyl (C=O) groups excluding carboxylic acids is 1. The van der Waals surface area contributed by atoms with Crippen LogP contribution in [-0.2, 0) is 6.42 Å². The second-order valence-corrected chi connectivity index (χ2v) is 3.44. The minimum Gasteiger partial charge on any atom is -0.370 e. The molecule has 0 saturated carbocycles. The second kappa shape index (κ2) is 6.26. The Kier molecular flexibility index (Phi) is 4.68. The maximum absolute atomic E-state index is 11.1. The highest BCUT2D eigenvalue weighted by molar-refractivity contribution is 5.90. The van der Waals surface area contributed by atoms with Crippen molar-refractivity contribution < 1.29 is 4.79 Å². The van der Waals surface area contributed by atoms with E-state index in [0.29, 0.717) is 13.0 Å². The van der Waals surface area contributed by atoms with Crippen LogP contribution in [-0.4, -0.2) is 23.5 Å². The van der Waals surface area contributed by atoms with Crippen molar-refractivity contribution in [2.45, 2.75) is 6.42 Å². The number of pyridine rings is 1. The van der Waals surface area contributed by atoms with Gasteiger partial charge in [-0.25, -0.2) is 4.79 Å². The van der Waals surface area contributed by atoms with E-state index >= 15 is 0 Å². The number of guanidine groups is 1. The molecule has 0 bridgehead atoms. The molecule has 1 rings (SSSR count). The van der Waals surface area contributed by atoms with E-state index in [2.05, 4.69) is 21.9 Å². The summed E-state index contributed by atoms with van der Waals surface area (Å²) in [6, 6.07) is 5.05. The summed E-state index contributed by atoms with van der Waals surface area (Å²) in [6.45, 7) is 4.15. The van der Waals surface area contributed by atoms with E-state index in [0.717, 1.165) is 11.3 Å². The first kappa shape index (κ1) is 12.7. The van der Waals surface area contributed by atoms with Crippen LogP contribution in [0.2, 0.25) is 0 Å². The molecule has 2 amide bonds. The van der Waals surface area contributed by atoms with Gasteiger partial charge in [-0.2, -0.15) is 4.99 Å². The van der Waals surface area contributed by atoms with Crippen molar-refractivity contribution in [3.8, 4) is 0 Å². The molecule has 0 saturated heterocycles. The highest BCUT2D eigenvalue weighted by Gasteiger charge is 2.01. The number of nitrogens with one attached hydrogen (secondary N) is 1. The molecule has 0 aromatic carbocycles. The molecule has 0 fully saturated rings. The Balaban J connectivity index is 2.36. The van der Waals surface area contributed by atoms with Crippen molar-refractivity contribution in [1.82, 2.24) is 10.3 Å². The normalized spacial score (nSPS) is 9.41. The number of carbonyl (C=O) groups is 1. The molecule has 0 unspecified atom stereocenters. The largest absolute Gasteiger partial charge is 0.370 e. The molecule has 0 atom stereocenters. The molecular weight excluding hydrogens is 218 g/mol. The van der Waals surface area contributed by atoms with Crippen molar-refractivity contribution in [2.75, 3.05) is 6.54 Å². The van der Waals surface area contributed by atoms with Gasteiger partial charge in [0, 0.05) is 24.9 Å². The summed E-state index contributed by atoms with van der Waals surface area (Å²) in [7, 11) is 0. The molecule has 0 radical (unpaired) electrons. The van der Waals surface area contributed by atoms with Gasteiger partial charge >= 0.3 is 6.03 Å². The molecule has 0 spiro atoms. The summed E-state index contributed by atoms with van der Waals surface area (Å²) in [5.74, 6) is -0.266. The number of urea groups is 1. The van der Waals surface area contributed by atoms with Crippen LogP contribution in [0.3, 0.4) is 0 Å². The zero-order chi connectivity index (χ0) is 12.7. The monoisotopic (exact) mass is 233 g/mol. The Labute approximate surface area is 99.4 Å². The smallest absolute Gasteiger partial charge is 0.344 e. The first-order chi connectivity index (χ1) is 8.08. The van der Waals surface area contributed by atoms with Gasteiger partial charge in [0.2, 0.25) is 0 Å². The fourth-order valence-electron chi connectivity index (χ4n) is 1.18. The SMILES string of the molecule is C=C(CNC(=O)N=C(N)N)Cc1ccccn1. The fourth-order valence-corrected chi connectivity index (χ4v) is 1.18. The molecule has 6 heteroatoms. The van der Waals surface area contributed by atoms with Crippen LogP contribution >= 0.6 is 0 Å². The zero-order valence-corrected chi connectivity index (χ0v) is 9.39. The lowest BCUT2D eigenvalue weighted by atomic mass is 10.1. The molecule has 17 heavy (non-hydrogen) atoms. The van der Waals surface area contributed by atoms with Gasteiger partial charge in [-0.15, -0.1) is 0 Å². The van der Waals surface area contributed by atoms with Crippen LogP contribution in [0.25, 0.3) is 0 Å². The minimum absolute atomic E-state index is 0.266. The Bertz CT molecular complexity index is 423. The third-order valence-corrected chi connectivity index (χ3v) is 1.88. The number of rotatable bonds is 4. The fraction of sp³-hybridized carbons (Fsp3) is 0.182. The zero-order valence-electron chi connectivity index (χ0n) is 9.39. The number of hydrogen-bond donors (Lipinski definition) is 3. The van der Waals surface area contributed by atoms with Gasteiger partial charge in [-0.3, -0.25) is 4.98 Å². The Morgan fingerprint density at radius 2 is 2.24 bits per heavy atom. The third kappa shape index (κ3) is 5.31. The molecule has 1 aromatic heterocycles. The van der Waals surface area contributed by atoms with Crippen LogP contribution in [0.15, 0.2) is 41.5 Å². The predicted molar refractivity (Wildman–Crippen MR) is 66.3 cm³/mol. The lowest BCUT2D eigenvalue weighted by Crippen LogP contribution is -2.29. The van der Waals surface area contributed by atoms with Crippen molar-refractivity contribution in [2.24, 2.45) is 16.5 Å². The Hall–Kier alpha value is -2.37. The van der Waals surface area contributed by atoms with Gasteiger partial charge in [0.15, 0.2) is 5.96 Å². The summed E-state index contributed by atoms with van der Waals surface area (Å²) in [5, 5.41) is 2.52. The number of nitrogens with zero attached hydrogens (tertiary/aromatic N) is 2. The maximum atomic E-state index is 11.1. The average Bonchev–Trinajstić information content (AvgIpc) is 2.27. The Morgan fingerprint density at radius 3 is 2.82 bits per heavy atom. The van der Waals surface area contributed by atoms with Crippen molar-refractivity contribution >= 4 is 12.0 Å². The van der Waals surface area contributed by atoms with Crippen molar-refractivity contribution in [3.63, 3.8) is 0 Å². The Morgan fingerprint density at radius 1 is 1.47 bits per heavy atom. The molecule has 6 nitrogen and oxygen atoms in total. The summed E-state index contributed by atoms with van der Waals surface area (Å²) < 4.78 is 0. The van der Waals surface area contributed by atoms with Crippen LogP contribution in [0.5, 0.6) is 0 Å². The number of aromatic nitrogens is 1.